The standard InChI is InChI=1S/C17H38N4O/c1-8-15(5)21(7)13-12-20-17(18-6)19-11-10-16(14(3)4)22-9-2/h14-16H,8-13H2,1-7H3,(H2,18,19,20). The Morgan fingerprint density at radius 3 is 2.27 bits per heavy atom. The van der Waals surface area contributed by atoms with Crippen molar-refractivity contribution >= 4 is 5.96 Å². The van der Waals surface area contributed by atoms with Crippen LogP contribution in [0.2, 0.25) is 0 Å². The van der Waals surface area contributed by atoms with Crippen molar-refractivity contribution in [2.45, 2.75) is 59.6 Å². The summed E-state index contributed by atoms with van der Waals surface area (Å²) >= 11 is 0. The Labute approximate surface area is 137 Å². The molecule has 2 atom stereocenters. The van der Waals surface area contributed by atoms with Crippen LogP contribution in [0.4, 0.5) is 0 Å². The molecule has 0 aromatic heterocycles. The van der Waals surface area contributed by atoms with E-state index in [1.165, 1.54) is 6.42 Å². The molecule has 2 N–H and O–H groups in total. The molecular formula is C17H38N4O. The number of nitrogens with one attached hydrogen (secondary N) is 2. The van der Waals surface area contributed by atoms with Gasteiger partial charge in [-0.1, -0.05) is 20.8 Å². The number of rotatable bonds is 11. The van der Waals surface area contributed by atoms with Crippen molar-refractivity contribution in [3.8, 4) is 0 Å². The molecule has 0 aliphatic rings. The number of likely N-dealkylation sites (N-methyl/N-ethyl adjacent to an activating group) is 1. The van der Waals surface area contributed by atoms with Crippen LogP contribution in [0.15, 0.2) is 4.99 Å². The second-order valence-electron chi connectivity index (χ2n) is 6.19. The van der Waals surface area contributed by atoms with Crippen LogP contribution >= 0.6 is 0 Å². The lowest BCUT2D eigenvalue weighted by Gasteiger charge is -2.24. The van der Waals surface area contributed by atoms with Crippen LogP contribution in [0.5, 0.6) is 0 Å². The summed E-state index contributed by atoms with van der Waals surface area (Å²) in [7, 11) is 3.98. The van der Waals surface area contributed by atoms with Gasteiger partial charge < -0.3 is 20.3 Å². The molecule has 0 aliphatic heterocycles. The van der Waals surface area contributed by atoms with Crippen LogP contribution in [0, 0.1) is 5.92 Å². The van der Waals surface area contributed by atoms with Crippen molar-refractivity contribution in [3.05, 3.63) is 0 Å². The molecule has 0 saturated carbocycles. The first kappa shape index (κ1) is 21.2. The van der Waals surface area contributed by atoms with Gasteiger partial charge in [0.25, 0.3) is 0 Å². The van der Waals surface area contributed by atoms with Crippen LogP contribution in [-0.4, -0.2) is 63.3 Å². The molecule has 0 saturated heterocycles. The van der Waals surface area contributed by atoms with E-state index < -0.39 is 0 Å². The maximum Gasteiger partial charge on any atom is 0.191 e. The third kappa shape index (κ3) is 9.26. The van der Waals surface area contributed by atoms with Gasteiger partial charge >= 0.3 is 0 Å². The highest BCUT2D eigenvalue weighted by Gasteiger charge is 2.13. The van der Waals surface area contributed by atoms with Crippen LogP contribution in [0.25, 0.3) is 0 Å². The first-order valence-corrected chi connectivity index (χ1v) is 8.72. The molecule has 0 rings (SSSR count). The van der Waals surface area contributed by atoms with Gasteiger partial charge in [0.2, 0.25) is 0 Å². The fourth-order valence-corrected chi connectivity index (χ4v) is 2.26. The van der Waals surface area contributed by atoms with Gasteiger partial charge in [0, 0.05) is 39.3 Å². The first-order valence-electron chi connectivity index (χ1n) is 8.72. The van der Waals surface area contributed by atoms with E-state index in [-0.39, 0.29) is 0 Å². The largest absolute Gasteiger partial charge is 0.378 e. The van der Waals surface area contributed by atoms with Crippen LogP contribution in [0.1, 0.15) is 47.5 Å². The number of guanidine groups is 1. The normalized spacial score (nSPS) is 15.2. The van der Waals surface area contributed by atoms with Gasteiger partial charge in [-0.2, -0.15) is 0 Å². The number of ether oxygens (including phenoxy) is 1. The van der Waals surface area contributed by atoms with E-state index >= 15 is 0 Å². The Kier molecular flexibility index (Phi) is 12.2. The maximum atomic E-state index is 5.76. The van der Waals surface area contributed by atoms with Crippen molar-refractivity contribution in [2.24, 2.45) is 10.9 Å². The Morgan fingerprint density at radius 1 is 1.14 bits per heavy atom. The smallest absolute Gasteiger partial charge is 0.191 e. The Hall–Kier alpha value is -0.810. The topological polar surface area (TPSA) is 48.9 Å². The molecule has 0 radical (unpaired) electrons. The van der Waals surface area contributed by atoms with Crippen LogP contribution in [0.3, 0.4) is 0 Å². The van der Waals surface area contributed by atoms with Gasteiger partial charge in [-0.05, 0) is 39.7 Å². The minimum atomic E-state index is 0.312. The second-order valence-corrected chi connectivity index (χ2v) is 6.19. The average molecular weight is 315 g/mol. The molecule has 0 aromatic rings. The second kappa shape index (κ2) is 12.7. The molecule has 0 fully saturated rings. The maximum absolute atomic E-state index is 5.76. The molecule has 0 bridgehead atoms. The first-order chi connectivity index (χ1) is 10.5. The number of aliphatic imine (C=N–C) groups is 1. The lowest BCUT2D eigenvalue weighted by atomic mass is 10.0. The van der Waals surface area contributed by atoms with Gasteiger partial charge in [0.05, 0.1) is 6.10 Å². The lowest BCUT2D eigenvalue weighted by molar-refractivity contribution is 0.0258. The third-order valence-electron chi connectivity index (χ3n) is 4.17. The number of hydrogen-bond acceptors (Lipinski definition) is 3. The molecule has 2 unspecified atom stereocenters. The highest BCUT2D eigenvalue weighted by molar-refractivity contribution is 5.79. The molecule has 0 amide bonds. The summed E-state index contributed by atoms with van der Waals surface area (Å²) in [6.45, 7) is 14.5. The molecular weight excluding hydrogens is 276 g/mol. The van der Waals surface area contributed by atoms with Crippen LogP contribution in [-0.2, 0) is 4.74 Å². The van der Waals surface area contributed by atoms with Crippen molar-refractivity contribution < 1.29 is 4.74 Å². The highest BCUT2D eigenvalue weighted by Crippen LogP contribution is 2.09. The predicted octanol–water partition coefficient (Wildman–Crippen LogP) is 2.33. The molecule has 132 valence electrons. The quantitative estimate of drug-likeness (QED) is 0.454. The molecule has 0 spiro atoms. The number of nitrogens with zero attached hydrogens (tertiary/aromatic N) is 2. The molecule has 22 heavy (non-hydrogen) atoms. The van der Waals surface area contributed by atoms with Crippen LogP contribution < -0.4 is 10.6 Å². The fraction of sp³-hybridized carbons (Fsp3) is 0.941. The van der Waals surface area contributed by atoms with Crippen molar-refractivity contribution in [2.75, 3.05) is 40.3 Å². The average Bonchev–Trinajstić information content (AvgIpc) is 2.51. The minimum Gasteiger partial charge on any atom is -0.378 e. The molecule has 5 nitrogen and oxygen atoms in total. The SMILES string of the molecule is CCOC(CCNC(=NC)NCCN(C)C(C)CC)C(C)C. The summed E-state index contributed by atoms with van der Waals surface area (Å²) in [6, 6.07) is 0.620. The van der Waals surface area contributed by atoms with Gasteiger partial charge in [-0.3, -0.25) is 4.99 Å². The fourth-order valence-electron chi connectivity index (χ4n) is 2.26. The van der Waals surface area contributed by atoms with E-state index in [9.17, 15) is 0 Å². The van der Waals surface area contributed by atoms with Gasteiger partial charge in [0.15, 0.2) is 5.96 Å². The minimum absolute atomic E-state index is 0.312. The van der Waals surface area contributed by atoms with E-state index in [0.29, 0.717) is 18.1 Å². The molecule has 5 heteroatoms. The summed E-state index contributed by atoms with van der Waals surface area (Å²) in [5.74, 6) is 1.41. The summed E-state index contributed by atoms with van der Waals surface area (Å²) in [4.78, 5) is 6.64. The van der Waals surface area contributed by atoms with Crippen molar-refractivity contribution in [1.29, 1.82) is 0 Å². The Balaban J connectivity index is 3.98. The summed E-state index contributed by atoms with van der Waals surface area (Å²) in [5.41, 5.74) is 0. The monoisotopic (exact) mass is 314 g/mol. The Bertz CT molecular complexity index is 294. The highest BCUT2D eigenvalue weighted by atomic mass is 16.5. The van der Waals surface area contributed by atoms with E-state index in [1.807, 2.05) is 7.05 Å². The van der Waals surface area contributed by atoms with E-state index in [2.05, 4.69) is 62.2 Å². The molecule has 0 aromatic carbocycles. The zero-order chi connectivity index (χ0) is 17.0. The summed E-state index contributed by atoms with van der Waals surface area (Å²) in [5, 5.41) is 6.74. The van der Waals surface area contributed by atoms with Crippen molar-refractivity contribution in [1.82, 2.24) is 15.5 Å². The Morgan fingerprint density at radius 2 is 1.77 bits per heavy atom. The predicted molar refractivity (Wildman–Crippen MR) is 96.6 cm³/mol. The van der Waals surface area contributed by atoms with E-state index in [1.54, 1.807) is 0 Å². The number of hydrogen-bond donors (Lipinski definition) is 2. The third-order valence-corrected chi connectivity index (χ3v) is 4.17. The summed E-state index contributed by atoms with van der Waals surface area (Å²) < 4.78 is 5.76. The summed E-state index contributed by atoms with van der Waals surface area (Å²) in [6.07, 6.45) is 2.49. The van der Waals surface area contributed by atoms with Crippen molar-refractivity contribution in [3.63, 3.8) is 0 Å². The zero-order valence-corrected chi connectivity index (χ0v) is 15.8. The van der Waals surface area contributed by atoms with Gasteiger partial charge in [0.1, 0.15) is 0 Å². The zero-order valence-electron chi connectivity index (χ0n) is 15.8. The van der Waals surface area contributed by atoms with Gasteiger partial charge in [-0.25, -0.2) is 0 Å². The van der Waals surface area contributed by atoms with Gasteiger partial charge in [-0.15, -0.1) is 0 Å². The van der Waals surface area contributed by atoms with E-state index in [4.69, 9.17) is 4.74 Å². The lowest BCUT2D eigenvalue weighted by Crippen LogP contribution is -2.43. The molecule has 0 heterocycles. The molecule has 0 aliphatic carbocycles. The van der Waals surface area contributed by atoms with E-state index in [0.717, 1.165) is 38.6 Å².